The summed E-state index contributed by atoms with van der Waals surface area (Å²) in [6.07, 6.45) is -0.570. The fraction of sp³-hybridized carbons (Fsp3) is 0.423. The zero-order chi connectivity index (χ0) is 28.6. The van der Waals surface area contributed by atoms with E-state index >= 15 is 0 Å². The number of halogens is 3. The summed E-state index contributed by atoms with van der Waals surface area (Å²) in [6, 6.07) is 8.35. The van der Waals surface area contributed by atoms with Crippen molar-refractivity contribution in [1.82, 2.24) is 4.41 Å². The van der Waals surface area contributed by atoms with Crippen molar-refractivity contribution in [3.8, 4) is 17.6 Å². The van der Waals surface area contributed by atoms with Crippen LogP contribution in [-0.2, 0) is 19.9 Å². The Morgan fingerprint density at radius 2 is 1.64 bits per heavy atom. The molecule has 1 amide bonds. The Labute approximate surface area is 225 Å². The van der Waals surface area contributed by atoms with E-state index in [0.29, 0.717) is 11.8 Å². The predicted octanol–water partition coefficient (Wildman–Crippen LogP) is 3.91. The van der Waals surface area contributed by atoms with E-state index in [2.05, 4.69) is 11.8 Å². The minimum absolute atomic E-state index is 0.104. The molecule has 2 N–H and O–H groups in total. The van der Waals surface area contributed by atoms with Crippen molar-refractivity contribution in [2.45, 2.75) is 48.1 Å². The molecule has 4 rings (SSSR count). The molecule has 0 heterocycles. The van der Waals surface area contributed by atoms with Gasteiger partial charge in [0.2, 0.25) is 0 Å². The van der Waals surface area contributed by atoms with E-state index in [1.807, 2.05) is 0 Å². The Kier molecular flexibility index (Phi) is 8.03. The summed E-state index contributed by atoms with van der Waals surface area (Å²) in [5, 5.41) is 0. The summed E-state index contributed by atoms with van der Waals surface area (Å²) in [6.45, 7) is -0.739. The van der Waals surface area contributed by atoms with Gasteiger partial charge in [-0.25, -0.2) is 14.3 Å². The van der Waals surface area contributed by atoms with Crippen LogP contribution in [0.4, 0.5) is 13.2 Å². The average molecular weight is 585 g/mol. The molecule has 0 unspecified atom stereocenters. The lowest BCUT2D eigenvalue weighted by molar-refractivity contribution is -0.139. The number of nitrogens with zero attached hydrogens (tertiary/aromatic N) is 1. The zero-order valence-corrected chi connectivity index (χ0v) is 22.6. The molecule has 0 aromatic heterocycles. The summed E-state index contributed by atoms with van der Waals surface area (Å²) in [7, 11) is -8.81. The maximum absolute atomic E-state index is 13.1. The van der Waals surface area contributed by atoms with E-state index in [1.54, 1.807) is 0 Å². The first-order chi connectivity index (χ1) is 18.2. The van der Waals surface area contributed by atoms with Crippen LogP contribution in [0, 0.1) is 29.6 Å². The van der Waals surface area contributed by atoms with Gasteiger partial charge in [0, 0.05) is 17.7 Å². The number of carbonyl (C=O) groups excluding carboxylic acids is 1. The molecule has 2 aromatic rings. The molecule has 2 fully saturated rings. The number of carbonyl (C=O) groups is 1. The normalized spacial score (nSPS) is 15.9. The lowest BCUT2D eigenvalue weighted by Gasteiger charge is -2.19. The molecule has 210 valence electrons. The molecule has 0 bridgehead atoms. The van der Waals surface area contributed by atoms with Gasteiger partial charge >= 0.3 is 6.18 Å². The van der Waals surface area contributed by atoms with Crippen molar-refractivity contribution in [2.75, 3.05) is 12.9 Å². The molecule has 0 atom stereocenters. The number of benzene rings is 2. The molecular weight excluding hydrogens is 557 g/mol. The first kappa shape index (κ1) is 28.9. The van der Waals surface area contributed by atoms with E-state index < -0.39 is 54.8 Å². The highest BCUT2D eigenvalue weighted by Crippen LogP contribution is 2.49. The number of hydrogen-bond acceptors (Lipinski definition) is 7. The molecule has 2 aromatic carbocycles. The van der Waals surface area contributed by atoms with Crippen LogP contribution in [0.25, 0.3) is 0 Å². The molecule has 0 saturated heterocycles. The number of sulfonamides is 1. The number of ether oxygens (including phenoxy) is 1. The number of hydrazine groups is 1. The number of alkyl halides is 3. The fourth-order valence-corrected chi connectivity index (χ4v) is 6.80. The second-order valence-electron chi connectivity index (χ2n) is 9.72. The minimum atomic E-state index is -4.82. The molecule has 0 aliphatic heterocycles. The van der Waals surface area contributed by atoms with Crippen LogP contribution in [-0.4, -0.2) is 46.2 Å². The van der Waals surface area contributed by atoms with E-state index in [4.69, 9.17) is 10.6 Å². The van der Waals surface area contributed by atoms with Gasteiger partial charge in [0.15, 0.2) is 9.84 Å². The Bertz CT molecular complexity index is 1530. The summed E-state index contributed by atoms with van der Waals surface area (Å²) >= 11 is 0. The highest BCUT2D eigenvalue weighted by atomic mass is 32.2. The monoisotopic (exact) mass is 584 g/mol. The second-order valence-corrected chi connectivity index (χ2v) is 13.5. The van der Waals surface area contributed by atoms with Crippen LogP contribution in [0.2, 0.25) is 0 Å². The van der Waals surface area contributed by atoms with Crippen LogP contribution >= 0.6 is 0 Å². The van der Waals surface area contributed by atoms with Crippen molar-refractivity contribution in [1.29, 1.82) is 0 Å². The highest BCUT2D eigenvalue weighted by Gasteiger charge is 2.40. The van der Waals surface area contributed by atoms with Gasteiger partial charge in [0.25, 0.3) is 15.9 Å². The summed E-state index contributed by atoms with van der Waals surface area (Å²) < 4.78 is 93.8. The van der Waals surface area contributed by atoms with E-state index in [1.165, 1.54) is 24.3 Å². The van der Waals surface area contributed by atoms with Gasteiger partial charge in [-0.3, -0.25) is 4.79 Å². The van der Waals surface area contributed by atoms with Crippen molar-refractivity contribution in [3.05, 3.63) is 53.6 Å². The van der Waals surface area contributed by atoms with Gasteiger partial charge in [0.1, 0.15) is 10.6 Å². The SMILES string of the molecule is CS(=O)(=O)c1ccccc1S(=O)(=O)N(N)C(=O)c1ccc(C#CC(C2CC2)C2CC2)c(OCCC(F)(F)F)c1. The highest BCUT2D eigenvalue weighted by molar-refractivity contribution is 7.93. The summed E-state index contributed by atoms with van der Waals surface area (Å²) in [5.41, 5.74) is -0.0414. The predicted molar refractivity (Wildman–Crippen MR) is 136 cm³/mol. The molecule has 0 radical (unpaired) electrons. The van der Waals surface area contributed by atoms with Gasteiger partial charge in [-0.05, 0) is 67.9 Å². The molecule has 2 aliphatic rings. The molecule has 13 heteroatoms. The third-order valence-corrected chi connectivity index (χ3v) is 9.37. The third-order valence-electron chi connectivity index (χ3n) is 6.49. The van der Waals surface area contributed by atoms with E-state index in [9.17, 15) is 34.8 Å². The van der Waals surface area contributed by atoms with Crippen LogP contribution < -0.4 is 10.6 Å². The molecule has 0 spiro atoms. The minimum Gasteiger partial charge on any atom is -0.492 e. The lowest BCUT2D eigenvalue weighted by Crippen LogP contribution is -2.43. The smallest absolute Gasteiger partial charge is 0.392 e. The molecule has 8 nitrogen and oxygen atoms in total. The van der Waals surface area contributed by atoms with E-state index in [-0.39, 0.29) is 27.2 Å². The Balaban J connectivity index is 1.65. The Morgan fingerprint density at radius 3 is 2.18 bits per heavy atom. The summed E-state index contributed by atoms with van der Waals surface area (Å²) in [4.78, 5) is 11.8. The van der Waals surface area contributed by atoms with Crippen LogP contribution in [0.3, 0.4) is 0 Å². The van der Waals surface area contributed by atoms with E-state index in [0.717, 1.165) is 50.1 Å². The molecule has 39 heavy (non-hydrogen) atoms. The standard InChI is InChI=1S/C26H27F3N2O6S2/c1-38(33,34)23-4-2-3-5-24(23)39(35,36)31(30)25(32)20-11-10-19(22(16-20)37-15-14-26(27,28)29)12-13-21(17-6-7-17)18-8-9-18/h2-5,10-11,16-18,21H,6-9,14-15,30H2,1H3. The largest absolute Gasteiger partial charge is 0.492 e. The second kappa shape index (κ2) is 10.8. The Hall–Kier alpha value is -3.08. The average Bonchev–Trinajstić information content (AvgIpc) is 3.78. The topological polar surface area (TPSA) is 124 Å². The summed E-state index contributed by atoms with van der Waals surface area (Å²) in [5.74, 6) is 11.7. The number of hydrogen-bond donors (Lipinski definition) is 1. The van der Waals surface area contributed by atoms with Gasteiger partial charge in [0.05, 0.1) is 23.5 Å². The van der Waals surface area contributed by atoms with Crippen molar-refractivity contribution < 1.29 is 39.5 Å². The van der Waals surface area contributed by atoms with Crippen LogP contribution in [0.5, 0.6) is 5.75 Å². The lowest BCUT2D eigenvalue weighted by atomic mass is 9.98. The zero-order valence-electron chi connectivity index (χ0n) is 20.9. The van der Waals surface area contributed by atoms with Gasteiger partial charge in [-0.2, -0.15) is 26.0 Å². The fourth-order valence-electron chi connectivity index (χ4n) is 4.16. The third kappa shape index (κ3) is 7.12. The quantitative estimate of drug-likeness (QED) is 0.205. The van der Waals surface area contributed by atoms with Gasteiger partial charge in [-0.1, -0.05) is 24.0 Å². The van der Waals surface area contributed by atoms with Crippen molar-refractivity contribution in [2.24, 2.45) is 23.6 Å². The maximum Gasteiger partial charge on any atom is 0.392 e. The van der Waals surface area contributed by atoms with Gasteiger partial charge < -0.3 is 4.74 Å². The molecular formula is C26H27F3N2O6S2. The first-order valence-corrected chi connectivity index (χ1v) is 15.5. The molecule has 2 saturated carbocycles. The van der Waals surface area contributed by atoms with Crippen LogP contribution in [0.15, 0.2) is 52.3 Å². The van der Waals surface area contributed by atoms with Gasteiger partial charge in [-0.15, -0.1) is 0 Å². The van der Waals surface area contributed by atoms with Crippen molar-refractivity contribution >= 4 is 25.8 Å². The molecule has 2 aliphatic carbocycles. The van der Waals surface area contributed by atoms with Crippen LogP contribution in [0.1, 0.15) is 48.0 Å². The number of rotatable bonds is 9. The van der Waals surface area contributed by atoms with Crippen molar-refractivity contribution in [3.63, 3.8) is 0 Å². The first-order valence-electron chi connectivity index (χ1n) is 12.2. The number of nitrogens with two attached hydrogens (primary N) is 1. The number of amides is 1. The maximum atomic E-state index is 13.1. The Morgan fingerprint density at radius 1 is 1.05 bits per heavy atom. The number of sulfone groups is 1.